The third kappa shape index (κ3) is 1.39. The second-order valence-corrected chi connectivity index (χ2v) is 2.13. The molecule has 0 radical (unpaired) electrons. The normalized spacial score (nSPS) is 9.56. The molecule has 0 unspecified atom stereocenters. The topological polar surface area (TPSA) is 19.0 Å². The van der Waals surface area contributed by atoms with Crippen molar-refractivity contribution in [3.63, 3.8) is 0 Å². The first-order valence-corrected chi connectivity index (χ1v) is 3.28. The van der Waals surface area contributed by atoms with Crippen LogP contribution in [0, 0.1) is 0 Å². The lowest BCUT2D eigenvalue weighted by Gasteiger charge is -2.11. The number of hydrogen-bond donors (Lipinski definition) is 1. The molecule has 0 fully saturated rings. The second kappa shape index (κ2) is 2.78. The van der Waals surface area contributed by atoms with Gasteiger partial charge in [0.1, 0.15) is 0 Å². The Morgan fingerprint density at radius 3 is 3.00 bits per heavy atom. The summed E-state index contributed by atoms with van der Waals surface area (Å²) in [5.74, 6) is 0. The van der Waals surface area contributed by atoms with Gasteiger partial charge in [0.15, 0.2) is 0 Å². The van der Waals surface area contributed by atoms with E-state index in [1.165, 1.54) is 0 Å². The number of H-pyrrole nitrogens is 1. The molecule has 1 heterocycles. The molecule has 0 saturated heterocycles. The summed E-state index contributed by atoms with van der Waals surface area (Å²) in [4.78, 5) is 4.89. The van der Waals surface area contributed by atoms with E-state index < -0.39 is 0 Å². The van der Waals surface area contributed by atoms with Crippen molar-refractivity contribution in [3.8, 4) is 0 Å². The zero-order valence-corrected chi connectivity index (χ0v) is 6.02. The smallest absolute Gasteiger partial charge is 0.0925 e. The molecular formula is C6H9ClN2. The summed E-state index contributed by atoms with van der Waals surface area (Å²) in [6.07, 6.45) is 3.78. The number of alkyl halides is 1. The lowest BCUT2D eigenvalue weighted by Crippen LogP contribution is -2.12. The van der Waals surface area contributed by atoms with Crippen molar-refractivity contribution in [1.82, 2.24) is 4.98 Å². The van der Waals surface area contributed by atoms with Gasteiger partial charge in [0.25, 0.3) is 0 Å². The first-order valence-electron chi connectivity index (χ1n) is 2.74. The van der Waals surface area contributed by atoms with Gasteiger partial charge in [-0.1, -0.05) is 0 Å². The van der Waals surface area contributed by atoms with Gasteiger partial charge in [-0.05, 0) is 6.07 Å². The van der Waals surface area contributed by atoms with Gasteiger partial charge in [0, 0.05) is 19.4 Å². The van der Waals surface area contributed by atoms with E-state index in [9.17, 15) is 0 Å². The van der Waals surface area contributed by atoms with Crippen molar-refractivity contribution in [2.75, 3.05) is 18.0 Å². The molecule has 0 atom stereocenters. The Bertz CT molecular complexity index is 160. The Balaban J connectivity index is 2.65. The van der Waals surface area contributed by atoms with Crippen LogP contribution in [0.1, 0.15) is 0 Å². The van der Waals surface area contributed by atoms with E-state index in [0.717, 1.165) is 5.69 Å². The summed E-state index contributed by atoms with van der Waals surface area (Å²) >= 11 is 5.56. The molecule has 0 aromatic carbocycles. The molecule has 1 rings (SSSR count). The first kappa shape index (κ1) is 6.49. The van der Waals surface area contributed by atoms with Gasteiger partial charge in [-0.3, -0.25) is 0 Å². The van der Waals surface area contributed by atoms with Gasteiger partial charge in [-0.15, -0.1) is 11.6 Å². The minimum atomic E-state index is 0.526. The maximum absolute atomic E-state index is 5.56. The molecule has 1 N–H and O–H groups in total. The zero-order valence-electron chi connectivity index (χ0n) is 5.26. The van der Waals surface area contributed by atoms with Crippen LogP contribution in [-0.2, 0) is 0 Å². The lowest BCUT2D eigenvalue weighted by atomic mass is 10.5. The van der Waals surface area contributed by atoms with Gasteiger partial charge in [-0.2, -0.15) is 0 Å². The predicted molar refractivity (Wildman–Crippen MR) is 39.9 cm³/mol. The minimum absolute atomic E-state index is 0.526. The van der Waals surface area contributed by atoms with Gasteiger partial charge in [0.2, 0.25) is 0 Å². The number of aromatic amines is 1. The Morgan fingerprint density at radius 2 is 2.56 bits per heavy atom. The predicted octanol–water partition coefficient (Wildman–Crippen LogP) is 1.65. The highest BCUT2D eigenvalue weighted by Gasteiger charge is 1.95. The van der Waals surface area contributed by atoms with E-state index in [-0.39, 0.29) is 0 Å². The van der Waals surface area contributed by atoms with E-state index >= 15 is 0 Å². The van der Waals surface area contributed by atoms with Crippen molar-refractivity contribution in [2.24, 2.45) is 0 Å². The quantitative estimate of drug-likeness (QED) is 0.494. The average Bonchev–Trinajstić information content (AvgIpc) is 2.37. The first-order chi connectivity index (χ1) is 4.34. The highest BCUT2D eigenvalue weighted by Crippen LogP contribution is 2.09. The second-order valence-electron chi connectivity index (χ2n) is 1.89. The Hall–Kier alpha value is -0.630. The van der Waals surface area contributed by atoms with Crippen LogP contribution in [-0.4, -0.2) is 18.0 Å². The van der Waals surface area contributed by atoms with E-state index in [0.29, 0.717) is 6.00 Å². The molecule has 0 aliphatic rings. The minimum Gasteiger partial charge on any atom is -0.366 e. The van der Waals surface area contributed by atoms with E-state index in [1.807, 2.05) is 30.4 Å². The Kier molecular flexibility index (Phi) is 2.01. The van der Waals surface area contributed by atoms with Crippen LogP contribution in [0.5, 0.6) is 0 Å². The fourth-order valence-electron chi connectivity index (χ4n) is 0.622. The molecule has 0 amide bonds. The SMILES string of the molecule is CN(CCl)c1cc[nH]c1. The molecular weight excluding hydrogens is 136 g/mol. The monoisotopic (exact) mass is 144 g/mol. The molecule has 0 bridgehead atoms. The maximum Gasteiger partial charge on any atom is 0.0925 e. The molecule has 3 heteroatoms. The molecule has 0 saturated carbocycles. The maximum atomic E-state index is 5.56. The summed E-state index contributed by atoms with van der Waals surface area (Å²) in [6.45, 7) is 0. The third-order valence-corrected chi connectivity index (χ3v) is 1.56. The van der Waals surface area contributed by atoms with Crippen molar-refractivity contribution >= 4 is 17.3 Å². The van der Waals surface area contributed by atoms with Crippen molar-refractivity contribution < 1.29 is 0 Å². The van der Waals surface area contributed by atoms with E-state index in [1.54, 1.807) is 0 Å². The van der Waals surface area contributed by atoms with Crippen LogP contribution in [0.25, 0.3) is 0 Å². The van der Waals surface area contributed by atoms with E-state index in [2.05, 4.69) is 4.98 Å². The molecule has 0 aliphatic carbocycles. The molecule has 9 heavy (non-hydrogen) atoms. The molecule has 0 spiro atoms. The molecule has 0 aliphatic heterocycles. The summed E-state index contributed by atoms with van der Waals surface area (Å²) < 4.78 is 0. The fourth-order valence-corrected chi connectivity index (χ4v) is 0.760. The Labute approximate surface area is 59.4 Å². The van der Waals surface area contributed by atoms with Crippen LogP contribution in [0.4, 0.5) is 5.69 Å². The summed E-state index contributed by atoms with van der Waals surface area (Å²) in [6, 6.07) is 2.50. The highest BCUT2D eigenvalue weighted by molar-refractivity contribution is 6.18. The van der Waals surface area contributed by atoms with Gasteiger partial charge in [0.05, 0.1) is 11.7 Å². The largest absolute Gasteiger partial charge is 0.366 e. The number of halogens is 1. The molecule has 1 aromatic heterocycles. The number of rotatable bonds is 2. The fraction of sp³-hybridized carbons (Fsp3) is 0.333. The number of anilines is 1. The number of aromatic nitrogens is 1. The Morgan fingerprint density at radius 1 is 1.78 bits per heavy atom. The standard InChI is InChI=1S/C6H9ClN2/c1-9(5-7)6-2-3-8-4-6/h2-4,8H,5H2,1H3. The molecule has 2 nitrogen and oxygen atoms in total. The van der Waals surface area contributed by atoms with Crippen molar-refractivity contribution in [2.45, 2.75) is 0 Å². The summed E-state index contributed by atoms with van der Waals surface area (Å²) in [5, 5.41) is 0. The molecule has 50 valence electrons. The highest BCUT2D eigenvalue weighted by atomic mass is 35.5. The number of hydrogen-bond acceptors (Lipinski definition) is 1. The van der Waals surface area contributed by atoms with Gasteiger partial charge in [-0.25, -0.2) is 0 Å². The number of nitrogens with one attached hydrogen (secondary N) is 1. The number of nitrogens with zero attached hydrogens (tertiary/aromatic N) is 1. The van der Waals surface area contributed by atoms with Gasteiger partial charge < -0.3 is 9.88 Å². The van der Waals surface area contributed by atoms with Crippen LogP contribution < -0.4 is 4.90 Å². The van der Waals surface area contributed by atoms with Gasteiger partial charge >= 0.3 is 0 Å². The average molecular weight is 145 g/mol. The van der Waals surface area contributed by atoms with Crippen LogP contribution in [0.3, 0.4) is 0 Å². The van der Waals surface area contributed by atoms with E-state index in [4.69, 9.17) is 11.6 Å². The lowest BCUT2D eigenvalue weighted by molar-refractivity contribution is 1.09. The summed E-state index contributed by atoms with van der Waals surface area (Å²) in [7, 11) is 1.94. The van der Waals surface area contributed by atoms with Crippen LogP contribution in [0.15, 0.2) is 18.5 Å². The van der Waals surface area contributed by atoms with Crippen LogP contribution >= 0.6 is 11.6 Å². The van der Waals surface area contributed by atoms with Crippen LogP contribution in [0.2, 0.25) is 0 Å². The molecule has 1 aromatic rings. The van der Waals surface area contributed by atoms with Crippen molar-refractivity contribution in [3.05, 3.63) is 18.5 Å². The third-order valence-electron chi connectivity index (χ3n) is 1.20. The van der Waals surface area contributed by atoms with Crippen molar-refractivity contribution in [1.29, 1.82) is 0 Å². The zero-order chi connectivity index (χ0) is 6.69. The summed E-state index contributed by atoms with van der Waals surface area (Å²) in [5.41, 5.74) is 1.12.